The van der Waals surface area contributed by atoms with Gasteiger partial charge in [-0.25, -0.2) is 8.42 Å². The maximum atomic E-state index is 13.7. The molecule has 0 atom stereocenters. The van der Waals surface area contributed by atoms with Crippen molar-refractivity contribution in [3.05, 3.63) is 78.4 Å². The van der Waals surface area contributed by atoms with Crippen LogP contribution in [0.15, 0.2) is 77.7 Å². The van der Waals surface area contributed by atoms with Gasteiger partial charge in [-0.05, 0) is 54.8 Å². The molecule has 1 saturated heterocycles. The zero-order valence-corrected chi connectivity index (χ0v) is 20.2. The summed E-state index contributed by atoms with van der Waals surface area (Å²) >= 11 is 0. The molecular formula is C26H30N2O5S. The molecule has 3 aromatic rings. The topological polar surface area (TPSA) is 79.3 Å². The molecule has 1 fully saturated rings. The highest BCUT2D eigenvalue weighted by Crippen LogP contribution is 2.33. The normalized spacial score (nSPS) is 15.1. The van der Waals surface area contributed by atoms with E-state index in [4.69, 9.17) is 9.47 Å². The van der Waals surface area contributed by atoms with Crippen LogP contribution in [0, 0.1) is 0 Å². The second-order valence-electron chi connectivity index (χ2n) is 8.33. The minimum absolute atomic E-state index is 0.116. The molecule has 0 amide bonds. The van der Waals surface area contributed by atoms with Crippen LogP contribution in [0.5, 0.6) is 17.2 Å². The van der Waals surface area contributed by atoms with Crippen molar-refractivity contribution in [2.24, 2.45) is 0 Å². The Balaban J connectivity index is 1.56. The number of benzene rings is 3. The van der Waals surface area contributed by atoms with Crippen LogP contribution in [0.25, 0.3) is 0 Å². The van der Waals surface area contributed by atoms with Gasteiger partial charge in [-0.15, -0.1) is 0 Å². The molecule has 0 spiro atoms. The zero-order chi connectivity index (χ0) is 24.1. The highest BCUT2D eigenvalue weighted by atomic mass is 32.2. The van der Waals surface area contributed by atoms with Crippen LogP contribution in [0.2, 0.25) is 0 Å². The van der Waals surface area contributed by atoms with Gasteiger partial charge in [0.25, 0.3) is 10.0 Å². The molecule has 7 nitrogen and oxygen atoms in total. The lowest BCUT2D eigenvalue weighted by Crippen LogP contribution is -2.47. The van der Waals surface area contributed by atoms with Gasteiger partial charge in [-0.2, -0.15) is 0 Å². The fourth-order valence-electron chi connectivity index (χ4n) is 4.39. The molecule has 0 radical (unpaired) electrons. The van der Waals surface area contributed by atoms with Gasteiger partial charge in [0.15, 0.2) is 11.5 Å². The summed E-state index contributed by atoms with van der Waals surface area (Å²) in [5.41, 5.74) is 1.64. The number of nitrogens with zero attached hydrogens (tertiary/aromatic N) is 2. The Labute approximate surface area is 201 Å². The molecule has 0 bridgehead atoms. The summed E-state index contributed by atoms with van der Waals surface area (Å²) in [5, 5.41) is 9.84. The maximum Gasteiger partial charge on any atom is 0.264 e. The van der Waals surface area contributed by atoms with Crippen LogP contribution < -0.4 is 13.8 Å². The number of likely N-dealkylation sites (tertiary alicyclic amines) is 1. The minimum Gasteiger partial charge on any atom is -0.504 e. The van der Waals surface area contributed by atoms with Crippen molar-refractivity contribution in [1.82, 2.24) is 4.90 Å². The van der Waals surface area contributed by atoms with Gasteiger partial charge in [0, 0.05) is 31.7 Å². The van der Waals surface area contributed by atoms with E-state index in [0.29, 0.717) is 36.6 Å². The second-order valence-corrected chi connectivity index (χ2v) is 10.1. The molecule has 1 N–H and O–H groups in total. The third-order valence-electron chi connectivity index (χ3n) is 6.15. The largest absolute Gasteiger partial charge is 0.504 e. The summed E-state index contributed by atoms with van der Waals surface area (Å²) in [6.07, 6.45) is 1.39. The highest BCUT2D eigenvalue weighted by molar-refractivity contribution is 7.92. The number of ether oxygens (including phenoxy) is 2. The standard InChI is InChI=1S/C26H30N2O5S/c1-32-23-8-6-7-22(18-23)28(34(30,31)24-9-4-3-5-10-24)21-13-15-27(16-14-21)19-20-11-12-25(29)26(17-20)33-2/h3-12,17-18,21,29H,13-16,19H2,1-2H3. The van der Waals surface area contributed by atoms with Crippen molar-refractivity contribution >= 4 is 15.7 Å². The van der Waals surface area contributed by atoms with Gasteiger partial charge in [-0.1, -0.05) is 30.3 Å². The molecule has 1 heterocycles. The van der Waals surface area contributed by atoms with Crippen LogP contribution in [0.4, 0.5) is 5.69 Å². The van der Waals surface area contributed by atoms with Crippen molar-refractivity contribution in [3.63, 3.8) is 0 Å². The molecule has 4 rings (SSSR count). The first-order valence-electron chi connectivity index (χ1n) is 11.2. The van der Waals surface area contributed by atoms with E-state index in [1.807, 2.05) is 36.4 Å². The van der Waals surface area contributed by atoms with Gasteiger partial charge in [-0.3, -0.25) is 9.21 Å². The number of phenols is 1. The van der Waals surface area contributed by atoms with E-state index in [0.717, 1.165) is 18.7 Å². The summed E-state index contributed by atoms with van der Waals surface area (Å²) in [5.74, 6) is 1.18. The fraction of sp³-hybridized carbons (Fsp3) is 0.308. The molecule has 0 unspecified atom stereocenters. The van der Waals surface area contributed by atoms with Crippen LogP contribution in [-0.2, 0) is 16.6 Å². The molecule has 3 aromatic carbocycles. The lowest BCUT2D eigenvalue weighted by molar-refractivity contribution is 0.206. The Kier molecular flexibility index (Phi) is 7.29. The van der Waals surface area contributed by atoms with Gasteiger partial charge in [0.1, 0.15) is 5.75 Å². The maximum absolute atomic E-state index is 13.7. The summed E-state index contributed by atoms with van der Waals surface area (Å²) in [7, 11) is -0.646. The highest BCUT2D eigenvalue weighted by Gasteiger charge is 2.34. The Morgan fingerprint density at radius 3 is 2.35 bits per heavy atom. The minimum atomic E-state index is -3.75. The number of methoxy groups -OCH3 is 2. The molecular weight excluding hydrogens is 452 g/mol. The number of anilines is 1. The van der Waals surface area contributed by atoms with Crippen molar-refractivity contribution in [2.75, 3.05) is 31.6 Å². The van der Waals surface area contributed by atoms with E-state index < -0.39 is 10.0 Å². The summed E-state index contributed by atoms with van der Waals surface area (Å²) < 4.78 is 39.6. The Morgan fingerprint density at radius 2 is 1.68 bits per heavy atom. The monoisotopic (exact) mass is 482 g/mol. The lowest BCUT2D eigenvalue weighted by Gasteiger charge is -2.39. The van der Waals surface area contributed by atoms with Gasteiger partial charge in [0.05, 0.1) is 24.8 Å². The summed E-state index contributed by atoms with van der Waals surface area (Å²) in [6, 6.07) is 21.0. The summed E-state index contributed by atoms with van der Waals surface area (Å²) in [4.78, 5) is 2.57. The molecule has 1 aliphatic heterocycles. The number of rotatable bonds is 8. The quantitative estimate of drug-likeness (QED) is 0.517. The number of hydrogen-bond acceptors (Lipinski definition) is 6. The number of hydrogen-bond donors (Lipinski definition) is 1. The van der Waals surface area contributed by atoms with Crippen LogP contribution in [0.3, 0.4) is 0 Å². The lowest BCUT2D eigenvalue weighted by atomic mass is 10.0. The van der Waals surface area contributed by atoms with Crippen LogP contribution >= 0.6 is 0 Å². The first-order chi connectivity index (χ1) is 16.4. The number of aromatic hydroxyl groups is 1. The number of sulfonamides is 1. The van der Waals surface area contributed by atoms with Gasteiger partial charge in [0.2, 0.25) is 0 Å². The molecule has 0 saturated carbocycles. The molecule has 8 heteroatoms. The number of piperidine rings is 1. The predicted molar refractivity (Wildman–Crippen MR) is 132 cm³/mol. The SMILES string of the molecule is COc1cccc(N(C2CCN(Cc3ccc(O)c(OC)c3)CC2)S(=O)(=O)c2ccccc2)c1. The second kappa shape index (κ2) is 10.4. The predicted octanol–water partition coefficient (Wildman–Crippen LogP) is 4.27. The van der Waals surface area contributed by atoms with E-state index in [2.05, 4.69) is 4.90 Å². The van der Waals surface area contributed by atoms with Gasteiger partial charge < -0.3 is 14.6 Å². The molecule has 0 aromatic heterocycles. The Hall–Kier alpha value is -3.23. The Morgan fingerprint density at radius 1 is 0.941 bits per heavy atom. The van der Waals surface area contributed by atoms with Crippen molar-refractivity contribution < 1.29 is 23.0 Å². The van der Waals surface area contributed by atoms with E-state index in [1.54, 1.807) is 47.8 Å². The van der Waals surface area contributed by atoms with Crippen LogP contribution in [0.1, 0.15) is 18.4 Å². The zero-order valence-electron chi connectivity index (χ0n) is 19.4. The van der Waals surface area contributed by atoms with Crippen molar-refractivity contribution in [2.45, 2.75) is 30.3 Å². The smallest absolute Gasteiger partial charge is 0.264 e. The van der Waals surface area contributed by atoms with E-state index in [-0.39, 0.29) is 16.7 Å². The Bertz CT molecular complexity index is 1210. The molecule has 0 aliphatic carbocycles. The average Bonchev–Trinajstić information content (AvgIpc) is 2.87. The number of phenolic OH excluding ortho intramolecular Hbond substituents is 1. The van der Waals surface area contributed by atoms with Crippen molar-refractivity contribution in [3.8, 4) is 17.2 Å². The summed E-state index contributed by atoms with van der Waals surface area (Å²) in [6.45, 7) is 2.20. The molecule has 1 aliphatic rings. The van der Waals surface area contributed by atoms with E-state index in [9.17, 15) is 13.5 Å². The van der Waals surface area contributed by atoms with E-state index in [1.165, 1.54) is 7.11 Å². The fourth-order valence-corrected chi connectivity index (χ4v) is 6.11. The molecule has 180 valence electrons. The third-order valence-corrected chi connectivity index (χ3v) is 8.04. The third kappa shape index (κ3) is 5.13. The van der Waals surface area contributed by atoms with Gasteiger partial charge >= 0.3 is 0 Å². The average molecular weight is 483 g/mol. The first kappa shape index (κ1) is 23.9. The molecule has 34 heavy (non-hydrogen) atoms. The van der Waals surface area contributed by atoms with Crippen molar-refractivity contribution in [1.29, 1.82) is 0 Å². The first-order valence-corrected chi connectivity index (χ1v) is 12.7. The van der Waals surface area contributed by atoms with Crippen LogP contribution in [-0.4, -0.2) is 51.8 Å². The van der Waals surface area contributed by atoms with E-state index >= 15 is 0 Å².